The molecule has 0 aliphatic heterocycles. The lowest BCUT2D eigenvalue weighted by molar-refractivity contribution is -0.116. The van der Waals surface area contributed by atoms with Crippen molar-refractivity contribution in [2.45, 2.75) is 12.8 Å². The van der Waals surface area contributed by atoms with Crippen LogP contribution in [0.2, 0.25) is 10.2 Å². The molecule has 0 saturated carbocycles. The molecule has 1 aromatic heterocycles. The number of hydrogen-bond donors (Lipinski definition) is 1. The third-order valence-electron chi connectivity index (χ3n) is 2.24. The summed E-state index contributed by atoms with van der Waals surface area (Å²) in [6, 6.07) is 8.57. The molecule has 1 N–H and O–H groups in total. The molecule has 0 bridgehead atoms. The van der Waals surface area contributed by atoms with Gasteiger partial charge in [-0.1, -0.05) is 34.4 Å². The van der Waals surface area contributed by atoms with Crippen LogP contribution in [0.25, 0.3) is 0 Å². The van der Waals surface area contributed by atoms with Gasteiger partial charge in [-0.05, 0) is 18.2 Å². The molecule has 0 aliphatic carbocycles. The Kier molecular flexibility index (Phi) is 4.23. The minimum Gasteiger partial charge on any atom is -0.360 e. The molecule has 0 fully saturated rings. The molecule has 1 aromatic carbocycles. The molecule has 2 rings (SSSR count). The van der Waals surface area contributed by atoms with Gasteiger partial charge in [-0.3, -0.25) is 4.79 Å². The first kappa shape index (κ1) is 12.9. The lowest BCUT2D eigenvalue weighted by Crippen LogP contribution is -2.12. The summed E-state index contributed by atoms with van der Waals surface area (Å²) in [6.07, 6.45) is 0.740. The SMILES string of the molecule is O=C(CCc1cc(Cl)no1)Nc1cccc(Cl)c1. The van der Waals surface area contributed by atoms with Crippen molar-refractivity contribution in [3.05, 3.63) is 46.3 Å². The fraction of sp³-hybridized carbons (Fsp3) is 0.167. The maximum Gasteiger partial charge on any atom is 0.224 e. The highest BCUT2D eigenvalue weighted by atomic mass is 35.5. The van der Waals surface area contributed by atoms with Crippen molar-refractivity contribution in [3.63, 3.8) is 0 Å². The van der Waals surface area contributed by atoms with E-state index in [1.54, 1.807) is 30.3 Å². The molecule has 4 nitrogen and oxygen atoms in total. The van der Waals surface area contributed by atoms with E-state index in [9.17, 15) is 4.79 Å². The highest BCUT2D eigenvalue weighted by Crippen LogP contribution is 2.16. The predicted molar refractivity (Wildman–Crippen MR) is 69.9 cm³/mol. The number of halogens is 2. The van der Waals surface area contributed by atoms with Crippen molar-refractivity contribution in [2.75, 3.05) is 5.32 Å². The van der Waals surface area contributed by atoms with E-state index in [4.69, 9.17) is 27.7 Å². The fourth-order valence-corrected chi connectivity index (χ4v) is 1.78. The van der Waals surface area contributed by atoms with Gasteiger partial charge in [0.2, 0.25) is 5.91 Å². The van der Waals surface area contributed by atoms with Crippen LogP contribution in [0.4, 0.5) is 5.69 Å². The monoisotopic (exact) mass is 284 g/mol. The Hall–Kier alpha value is -1.52. The van der Waals surface area contributed by atoms with Crippen LogP contribution in [0.5, 0.6) is 0 Å². The number of benzene rings is 1. The number of aromatic nitrogens is 1. The standard InChI is InChI=1S/C12H10Cl2N2O2/c13-8-2-1-3-9(6-8)15-12(17)5-4-10-7-11(14)16-18-10/h1-3,6-7H,4-5H2,(H,15,17). The van der Waals surface area contributed by atoms with E-state index >= 15 is 0 Å². The second-order valence-corrected chi connectivity index (χ2v) is 4.50. The number of aryl methyl sites for hydroxylation is 1. The summed E-state index contributed by atoms with van der Waals surface area (Å²) in [7, 11) is 0. The normalized spacial score (nSPS) is 10.3. The second kappa shape index (κ2) is 5.89. The smallest absolute Gasteiger partial charge is 0.224 e. The van der Waals surface area contributed by atoms with E-state index in [1.807, 2.05) is 0 Å². The lowest BCUT2D eigenvalue weighted by atomic mass is 10.2. The van der Waals surface area contributed by atoms with Crippen LogP contribution in [0.3, 0.4) is 0 Å². The third-order valence-corrected chi connectivity index (χ3v) is 2.65. The van der Waals surface area contributed by atoms with Crippen molar-refractivity contribution in [1.29, 1.82) is 0 Å². The Morgan fingerprint density at radius 3 is 2.83 bits per heavy atom. The average Bonchev–Trinajstić information content (AvgIpc) is 2.73. The first-order valence-corrected chi connectivity index (χ1v) is 6.05. The van der Waals surface area contributed by atoms with Crippen molar-refractivity contribution >= 4 is 34.8 Å². The number of anilines is 1. The molecule has 1 heterocycles. The molecule has 2 aromatic rings. The maximum absolute atomic E-state index is 11.7. The first-order chi connectivity index (χ1) is 8.63. The van der Waals surface area contributed by atoms with E-state index in [2.05, 4.69) is 10.5 Å². The zero-order chi connectivity index (χ0) is 13.0. The number of nitrogens with one attached hydrogen (secondary N) is 1. The van der Waals surface area contributed by atoms with Crippen LogP contribution in [0.15, 0.2) is 34.9 Å². The molecule has 0 radical (unpaired) electrons. The molecule has 0 aliphatic rings. The van der Waals surface area contributed by atoms with Gasteiger partial charge in [0.15, 0.2) is 5.15 Å². The van der Waals surface area contributed by atoms with E-state index < -0.39 is 0 Å². The maximum atomic E-state index is 11.7. The van der Waals surface area contributed by atoms with Gasteiger partial charge in [0.05, 0.1) is 0 Å². The summed E-state index contributed by atoms with van der Waals surface area (Å²) in [5, 5.41) is 7.14. The second-order valence-electron chi connectivity index (χ2n) is 3.67. The summed E-state index contributed by atoms with van der Waals surface area (Å²) in [5.74, 6) is 0.464. The molecular weight excluding hydrogens is 275 g/mol. The highest BCUT2D eigenvalue weighted by Gasteiger charge is 2.07. The number of amides is 1. The Morgan fingerprint density at radius 2 is 2.17 bits per heavy atom. The molecule has 94 valence electrons. The van der Waals surface area contributed by atoms with E-state index in [-0.39, 0.29) is 12.3 Å². The highest BCUT2D eigenvalue weighted by molar-refractivity contribution is 6.31. The summed E-state index contributed by atoms with van der Waals surface area (Å²) < 4.78 is 4.90. The van der Waals surface area contributed by atoms with E-state index in [0.29, 0.717) is 28.0 Å². The molecule has 1 amide bonds. The van der Waals surface area contributed by atoms with Crippen LogP contribution in [0.1, 0.15) is 12.2 Å². The Bertz CT molecular complexity index is 555. The zero-order valence-corrected chi connectivity index (χ0v) is 10.8. The lowest BCUT2D eigenvalue weighted by Gasteiger charge is -2.04. The van der Waals surface area contributed by atoms with E-state index in [0.717, 1.165) is 0 Å². The molecule has 0 unspecified atom stereocenters. The summed E-state index contributed by atoms with van der Waals surface area (Å²) in [4.78, 5) is 11.7. The summed E-state index contributed by atoms with van der Waals surface area (Å²) >= 11 is 11.4. The molecule has 18 heavy (non-hydrogen) atoms. The molecular formula is C12H10Cl2N2O2. The van der Waals surface area contributed by atoms with Crippen molar-refractivity contribution in [2.24, 2.45) is 0 Å². The minimum absolute atomic E-state index is 0.121. The van der Waals surface area contributed by atoms with Crippen LogP contribution in [-0.2, 0) is 11.2 Å². The van der Waals surface area contributed by atoms with Gasteiger partial charge >= 0.3 is 0 Å². The van der Waals surface area contributed by atoms with Gasteiger partial charge in [-0.15, -0.1) is 0 Å². The Labute approximate surface area is 114 Å². The van der Waals surface area contributed by atoms with Crippen LogP contribution >= 0.6 is 23.2 Å². The van der Waals surface area contributed by atoms with Crippen molar-refractivity contribution in [1.82, 2.24) is 5.16 Å². The molecule has 0 atom stereocenters. The fourth-order valence-electron chi connectivity index (χ4n) is 1.43. The van der Waals surface area contributed by atoms with E-state index in [1.165, 1.54) is 0 Å². The van der Waals surface area contributed by atoms with Gasteiger partial charge < -0.3 is 9.84 Å². The first-order valence-electron chi connectivity index (χ1n) is 5.30. The number of nitrogens with zero attached hydrogens (tertiary/aromatic N) is 1. The quantitative estimate of drug-likeness (QED) is 0.934. The summed E-state index contributed by atoms with van der Waals surface area (Å²) in [5.41, 5.74) is 0.670. The largest absolute Gasteiger partial charge is 0.360 e. The minimum atomic E-state index is -0.121. The molecule has 0 saturated heterocycles. The molecule has 0 spiro atoms. The van der Waals surface area contributed by atoms with Gasteiger partial charge in [0.25, 0.3) is 0 Å². The summed E-state index contributed by atoms with van der Waals surface area (Å²) in [6.45, 7) is 0. The average molecular weight is 285 g/mol. The zero-order valence-electron chi connectivity index (χ0n) is 9.32. The van der Waals surface area contributed by atoms with Gasteiger partial charge in [-0.25, -0.2) is 0 Å². The number of hydrogen-bond acceptors (Lipinski definition) is 3. The van der Waals surface area contributed by atoms with Crippen molar-refractivity contribution < 1.29 is 9.32 Å². The Morgan fingerprint density at radius 1 is 1.33 bits per heavy atom. The molecule has 6 heteroatoms. The van der Waals surface area contributed by atoms with Crippen LogP contribution < -0.4 is 5.32 Å². The Balaban J connectivity index is 1.85. The number of carbonyl (C=O) groups is 1. The number of rotatable bonds is 4. The van der Waals surface area contributed by atoms with Crippen LogP contribution in [0, 0.1) is 0 Å². The van der Waals surface area contributed by atoms with Crippen molar-refractivity contribution in [3.8, 4) is 0 Å². The van der Waals surface area contributed by atoms with Crippen LogP contribution in [-0.4, -0.2) is 11.1 Å². The number of carbonyl (C=O) groups excluding carboxylic acids is 1. The topological polar surface area (TPSA) is 55.1 Å². The predicted octanol–water partition coefficient (Wildman–Crippen LogP) is 3.55. The third kappa shape index (κ3) is 3.75. The van der Waals surface area contributed by atoms with Gasteiger partial charge in [-0.2, -0.15) is 0 Å². The van der Waals surface area contributed by atoms with Gasteiger partial charge in [0, 0.05) is 29.6 Å². The van der Waals surface area contributed by atoms with Gasteiger partial charge in [0.1, 0.15) is 5.76 Å².